The standard InChI is InChI=1S/C55H90NO8P/c1-6-8-10-12-14-16-18-20-21-22-23-24-25-26-27-28-29-30-31-32-33-34-35-36-38-40-42-44-46-48-55(58)64-53(52-63-65(59,60)62-50-49-56(3,4)5)51-61-54(57)47-45-43-41-39-37-19-17-15-13-11-9-7-2/h8,10,14-17,20-21,23-24,26-27,29-30,32-33,35-36,40,42,53H,6-7,9,11-13,18-19,22,25,28,31,34,37-39,41,43-52H2,1-5H3/b10-8-,16-14-,17-15-,21-20-,24-23-,27-26-,30-29-,33-32-,36-35-,42-40-. The second-order valence-electron chi connectivity index (χ2n) is 17.1. The summed E-state index contributed by atoms with van der Waals surface area (Å²) >= 11 is 0. The Labute approximate surface area is 397 Å². The van der Waals surface area contributed by atoms with E-state index in [0.29, 0.717) is 30.3 Å². The fourth-order valence-electron chi connectivity index (χ4n) is 5.88. The Morgan fingerprint density at radius 1 is 0.492 bits per heavy atom. The van der Waals surface area contributed by atoms with Gasteiger partial charge in [-0.1, -0.05) is 167 Å². The molecule has 65 heavy (non-hydrogen) atoms. The zero-order valence-electron chi connectivity index (χ0n) is 41.4. The Balaban J connectivity index is 4.39. The zero-order chi connectivity index (χ0) is 47.8. The summed E-state index contributed by atoms with van der Waals surface area (Å²) in [6.07, 6.45) is 63.9. The van der Waals surface area contributed by atoms with Crippen LogP contribution in [0.2, 0.25) is 0 Å². The summed E-state index contributed by atoms with van der Waals surface area (Å²) in [6.45, 7) is 3.98. The molecule has 9 nitrogen and oxygen atoms in total. The van der Waals surface area contributed by atoms with Crippen LogP contribution in [0.1, 0.15) is 162 Å². The van der Waals surface area contributed by atoms with Gasteiger partial charge < -0.3 is 27.9 Å². The molecule has 0 rings (SSSR count). The van der Waals surface area contributed by atoms with Crippen molar-refractivity contribution in [3.05, 3.63) is 122 Å². The number of ether oxygens (including phenoxy) is 2. The second kappa shape index (κ2) is 45.6. The molecule has 0 fully saturated rings. The van der Waals surface area contributed by atoms with Crippen LogP contribution in [0.4, 0.5) is 0 Å². The number of allylic oxidation sites excluding steroid dienone is 20. The Morgan fingerprint density at radius 3 is 1.37 bits per heavy atom. The van der Waals surface area contributed by atoms with Crippen LogP contribution < -0.4 is 4.89 Å². The molecule has 0 saturated heterocycles. The smallest absolute Gasteiger partial charge is 0.306 e. The van der Waals surface area contributed by atoms with E-state index >= 15 is 0 Å². The number of unbranched alkanes of at least 4 members (excludes halogenated alkanes) is 9. The van der Waals surface area contributed by atoms with Gasteiger partial charge in [0.1, 0.15) is 19.8 Å². The Hall–Kier alpha value is -3.59. The van der Waals surface area contributed by atoms with Crippen LogP contribution >= 0.6 is 7.82 Å². The first kappa shape index (κ1) is 61.4. The fourth-order valence-corrected chi connectivity index (χ4v) is 6.61. The topological polar surface area (TPSA) is 111 Å². The number of rotatable bonds is 43. The molecule has 0 spiro atoms. The summed E-state index contributed by atoms with van der Waals surface area (Å²) < 4.78 is 33.9. The van der Waals surface area contributed by atoms with E-state index in [2.05, 4.69) is 129 Å². The van der Waals surface area contributed by atoms with Crippen LogP contribution in [0, 0.1) is 0 Å². The lowest BCUT2D eigenvalue weighted by atomic mass is 10.1. The number of carbonyl (C=O) groups excluding carboxylic acids is 2. The van der Waals surface area contributed by atoms with Crippen molar-refractivity contribution in [3.63, 3.8) is 0 Å². The highest BCUT2D eigenvalue weighted by Crippen LogP contribution is 2.38. The van der Waals surface area contributed by atoms with Crippen LogP contribution in [-0.4, -0.2) is 70.0 Å². The number of hydrogen-bond donors (Lipinski definition) is 0. The van der Waals surface area contributed by atoms with Gasteiger partial charge in [-0.15, -0.1) is 0 Å². The molecule has 0 saturated carbocycles. The van der Waals surface area contributed by atoms with Crippen molar-refractivity contribution in [1.29, 1.82) is 0 Å². The largest absolute Gasteiger partial charge is 0.756 e. The van der Waals surface area contributed by atoms with Crippen LogP contribution in [0.15, 0.2) is 122 Å². The molecule has 0 amide bonds. The van der Waals surface area contributed by atoms with Gasteiger partial charge in [0.25, 0.3) is 7.82 Å². The first-order valence-electron chi connectivity index (χ1n) is 24.7. The molecule has 0 aliphatic heterocycles. The quantitative estimate of drug-likeness (QED) is 0.0195. The highest BCUT2D eigenvalue weighted by molar-refractivity contribution is 7.45. The number of likely N-dealkylation sites (N-methyl/N-ethyl adjacent to an activating group) is 1. The fraction of sp³-hybridized carbons (Fsp3) is 0.600. The first-order valence-corrected chi connectivity index (χ1v) is 26.2. The zero-order valence-corrected chi connectivity index (χ0v) is 42.3. The summed E-state index contributed by atoms with van der Waals surface area (Å²) in [5.74, 6) is -0.928. The number of nitrogens with zero attached hydrogens (tertiary/aromatic N) is 1. The number of carbonyl (C=O) groups is 2. The van der Waals surface area contributed by atoms with Gasteiger partial charge in [-0.25, -0.2) is 0 Å². The molecule has 0 aliphatic rings. The lowest BCUT2D eigenvalue weighted by Gasteiger charge is -2.28. The summed E-state index contributed by atoms with van der Waals surface area (Å²) in [5.41, 5.74) is 0. The van der Waals surface area contributed by atoms with Crippen LogP contribution in [0.5, 0.6) is 0 Å². The van der Waals surface area contributed by atoms with E-state index in [1.165, 1.54) is 19.3 Å². The van der Waals surface area contributed by atoms with Crippen molar-refractivity contribution in [1.82, 2.24) is 0 Å². The molecule has 0 N–H and O–H groups in total. The van der Waals surface area contributed by atoms with Gasteiger partial charge >= 0.3 is 11.9 Å². The Bertz CT molecular complexity index is 1510. The molecule has 2 atom stereocenters. The molecule has 0 aliphatic carbocycles. The van der Waals surface area contributed by atoms with Gasteiger partial charge in [0.15, 0.2) is 6.10 Å². The van der Waals surface area contributed by atoms with E-state index in [1.54, 1.807) is 0 Å². The number of phosphoric acid groups is 1. The summed E-state index contributed by atoms with van der Waals surface area (Å²) in [6, 6.07) is 0. The predicted molar refractivity (Wildman–Crippen MR) is 272 cm³/mol. The van der Waals surface area contributed by atoms with E-state index in [4.69, 9.17) is 18.5 Å². The summed E-state index contributed by atoms with van der Waals surface area (Å²) in [7, 11) is 1.10. The molecule has 2 unspecified atom stereocenters. The molecule has 0 aromatic carbocycles. The van der Waals surface area contributed by atoms with Gasteiger partial charge in [-0.2, -0.15) is 0 Å². The first-order chi connectivity index (χ1) is 31.5. The third kappa shape index (κ3) is 49.7. The summed E-state index contributed by atoms with van der Waals surface area (Å²) in [4.78, 5) is 37.6. The van der Waals surface area contributed by atoms with Crippen molar-refractivity contribution >= 4 is 19.8 Å². The van der Waals surface area contributed by atoms with Crippen molar-refractivity contribution in [3.8, 4) is 0 Å². The van der Waals surface area contributed by atoms with Crippen molar-refractivity contribution in [2.75, 3.05) is 47.5 Å². The number of quaternary nitrogens is 1. The molecule has 0 radical (unpaired) electrons. The van der Waals surface area contributed by atoms with Gasteiger partial charge in [0.05, 0.1) is 27.7 Å². The highest BCUT2D eigenvalue weighted by atomic mass is 31.2. The van der Waals surface area contributed by atoms with E-state index in [9.17, 15) is 19.0 Å². The van der Waals surface area contributed by atoms with Crippen LogP contribution in [0.3, 0.4) is 0 Å². The maximum Gasteiger partial charge on any atom is 0.306 e. The lowest BCUT2D eigenvalue weighted by Crippen LogP contribution is -2.37. The van der Waals surface area contributed by atoms with Crippen molar-refractivity contribution < 1.29 is 42.1 Å². The molecular weight excluding hydrogens is 834 g/mol. The van der Waals surface area contributed by atoms with E-state index in [-0.39, 0.29) is 26.1 Å². The minimum atomic E-state index is -4.65. The minimum Gasteiger partial charge on any atom is -0.756 e. The van der Waals surface area contributed by atoms with Gasteiger partial charge in [-0.05, 0) is 103 Å². The Morgan fingerprint density at radius 2 is 0.892 bits per heavy atom. The highest BCUT2D eigenvalue weighted by Gasteiger charge is 2.21. The Kier molecular flexibility index (Phi) is 43.0. The second-order valence-corrected chi connectivity index (χ2v) is 18.5. The molecule has 10 heteroatoms. The number of hydrogen-bond acceptors (Lipinski definition) is 8. The van der Waals surface area contributed by atoms with Crippen molar-refractivity contribution in [2.45, 2.75) is 168 Å². The van der Waals surface area contributed by atoms with Crippen molar-refractivity contribution in [2.24, 2.45) is 0 Å². The lowest BCUT2D eigenvalue weighted by molar-refractivity contribution is -0.870. The molecule has 0 heterocycles. The van der Waals surface area contributed by atoms with Gasteiger partial charge in [0, 0.05) is 12.8 Å². The molecule has 368 valence electrons. The molecule has 0 aromatic heterocycles. The number of phosphoric ester groups is 1. The van der Waals surface area contributed by atoms with Crippen LogP contribution in [-0.2, 0) is 32.7 Å². The third-order valence-corrected chi connectivity index (χ3v) is 10.7. The molecule has 0 bridgehead atoms. The maximum absolute atomic E-state index is 12.7. The number of esters is 2. The maximum atomic E-state index is 12.7. The minimum absolute atomic E-state index is 0.0500. The SMILES string of the molecule is CC/C=C\C/C=C\C/C=C\C/C=C\C/C=C\C/C=C\C/C=C\C/C=C\C/C=C\CCCC(=O)OC(COC(=O)CCCCCCC/C=C\CCCCC)COP(=O)([O-])OCC[N+](C)(C)C. The van der Waals surface area contributed by atoms with E-state index in [1.807, 2.05) is 27.2 Å². The average molecular weight is 924 g/mol. The van der Waals surface area contributed by atoms with Gasteiger partial charge in [-0.3, -0.25) is 14.2 Å². The van der Waals surface area contributed by atoms with Gasteiger partial charge in [0.2, 0.25) is 0 Å². The predicted octanol–water partition coefficient (Wildman–Crippen LogP) is 14.2. The van der Waals surface area contributed by atoms with Crippen LogP contribution in [0.25, 0.3) is 0 Å². The molecule has 0 aromatic rings. The van der Waals surface area contributed by atoms with E-state index < -0.39 is 32.5 Å². The average Bonchev–Trinajstić information content (AvgIpc) is 3.26. The summed E-state index contributed by atoms with van der Waals surface area (Å²) in [5, 5.41) is 0. The normalized spacial score (nSPS) is 14.5. The third-order valence-electron chi connectivity index (χ3n) is 9.72. The monoisotopic (exact) mass is 924 g/mol. The van der Waals surface area contributed by atoms with E-state index in [0.717, 1.165) is 96.3 Å². The molecular formula is C55H90NO8P.